The molecule has 1 aliphatic rings. The van der Waals surface area contributed by atoms with Gasteiger partial charge in [-0.15, -0.1) is 0 Å². The Labute approximate surface area is 95.3 Å². The maximum Gasteiger partial charge on any atom is 0.192 e. The Bertz CT molecular complexity index is 492. The molecule has 1 unspecified atom stereocenters. The summed E-state index contributed by atoms with van der Waals surface area (Å²) >= 11 is 0. The van der Waals surface area contributed by atoms with Crippen molar-refractivity contribution in [2.45, 2.75) is 32.6 Å². The molecule has 0 amide bonds. The summed E-state index contributed by atoms with van der Waals surface area (Å²) in [5.74, 6) is 1.77. The fraction of sp³-hybridized carbons (Fsp3) is 0.357. The third-order valence-electron chi connectivity index (χ3n) is 2.96. The molecule has 0 radical (unpaired) electrons. The van der Waals surface area contributed by atoms with E-state index in [-0.39, 0.29) is 5.43 Å². The molecule has 0 spiro atoms. The van der Waals surface area contributed by atoms with E-state index < -0.39 is 0 Å². The highest BCUT2D eigenvalue weighted by atomic mass is 16.3. The summed E-state index contributed by atoms with van der Waals surface area (Å²) in [6, 6.07) is 1.62. The summed E-state index contributed by atoms with van der Waals surface area (Å²) in [5.41, 5.74) is 0.722. The minimum atomic E-state index is 0.0550. The molecule has 2 nitrogen and oxygen atoms in total. The quantitative estimate of drug-likeness (QED) is 0.756. The topological polar surface area (TPSA) is 30.2 Å². The fourth-order valence-electron chi connectivity index (χ4n) is 1.71. The zero-order valence-electron chi connectivity index (χ0n) is 9.69. The van der Waals surface area contributed by atoms with Crippen LogP contribution in [0, 0.1) is 0 Å². The Morgan fingerprint density at radius 1 is 1.38 bits per heavy atom. The van der Waals surface area contributed by atoms with Gasteiger partial charge in [-0.3, -0.25) is 4.79 Å². The average Bonchev–Trinajstić information content (AvgIpc) is 2.53. The van der Waals surface area contributed by atoms with Gasteiger partial charge in [0.2, 0.25) is 0 Å². The van der Waals surface area contributed by atoms with Crippen LogP contribution in [0.1, 0.15) is 49.7 Å². The summed E-state index contributed by atoms with van der Waals surface area (Å²) < 4.78 is 5.78. The Balaban J connectivity index is 2.57. The Hall–Kier alpha value is -1.57. The number of rotatable bonds is 2. The predicted octanol–water partition coefficient (Wildman–Crippen LogP) is 3.58. The molecule has 0 N–H and O–H groups in total. The van der Waals surface area contributed by atoms with E-state index in [4.69, 9.17) is 4.42 Å². The predicted molar refractivity (Wildman–Crippen MR) is 66.4 cm³/mol. The van der Waals surface area contributed by atoms with Crippen LogP contribution in [-0.4, -0.2) is 0 Å². The van der Waals surface area contributed by atoms with Crippen LogP contribution >= 0.6 is 0 Å². The van der Waals surface area contributed by atoms with E-state index in [1.165, 1.54) is 0 Å². The molecule has 0 fully saturated rings. The molecule has 0 saturated heterocycles. The van der Waals surface area contributed by atoms with Gasteiger partial charge in [-0.2, -0.15) is 0 Å². The normalized spacial score (nSPS) is 15.6. The van der Waals surface area contributed by atoms with Gasteiger partial charge in [0.05, 0.1) is 5.56 Å². The van der Waals surface area contributed by atoms with E-state index in [1.54, 1.807) is 6.07 Å². The maximum atomic E-state index is 11.9. The zero-order chi connectivity index (χ0) is 11.5. The van der Waals surface area contributed by atoms with Crippen LogP contribution in [0.25, 0.3) is 12.2 Å². The van der Waals surface area contributed by atoms with Crippen LogP contribution in [0.5, 0.6) is 0 Å². The standard InChI is InChI=1S/C14H16O2/c1-3-10(2)14-9-12(15)11-7-5-4-6-8-13(11)16-14/h5-10H,3-4H2,1-2H3. The Kier molecular flexibility index (Phi) is 3.09. The van der Waals surface area contributed by atoms with Gasteiger partial charge >= 0.3 is 0 Å². The van der Waals surface area contributed by atoms with Gasteiger partial charge in [-0.25, -0.2) is 0 Å². The number of hydrogen-bond acceptors (Lipinski definition) is 2. The second-order valence-electron chi connectivity index (χ2n) is 4.14. The fourth-order valence-corrected chi connectivity index (χ4v) is 1.71. The van der Waals surface area contributed by atoms with E-state index in [0.29, 0.717) is 17.2 Å². The first-order valence-electron chi connectivity index (χ1n) is 5.73. The van der Waals surface area contributed by atoms with Crippen LogP contribution in [0.4, 0.5) is 0 Å². The molecule has 1 heterocycles. The van der Waals surface area contributed by atoms with Crippen molar-refractivity contribution in [3.8, 4) is 0 Å². The van der Waals surface area contributed by atoms with Gasteiger partial charge in [-0.1, -0.05) is 32.1 Å². The van der Waals surface area contributed by atoms with E-state index in [9.17, 15) is 4.79 Å². The highest BCUT2D eigenvalue weighted by molar-refractivity contribution is 5.63. The highest BCUT2D eigenvalue weighted by Gasteiger charge is 2.12. The maximum absolute atomic E-state index is 11.9. The molecule has 1 aromatic rings. The van der Waals surface area contributed by atoms with Gasteiger partial charge in [0.15, 0.2) is 5.43 Å². The van der Waals surface area contributed by atoms with Crippen LogP contribution in [0.3, 0.4) is 0 Å². The molecule has 0 saturated carbocycles. The summed E-state index contributed by atoms with van der Waals surface area (Å²) in [6.45, 7) is 4.16. The summed E-state index contributed by atoms with van der Waals surface area (Å²) in [5, 5.41) is 0. The van der Waals surface area contributed by atoms with Gasteiger partial charge in [0.1, 0.15) is 11.5 Å². The largest absolute Gasteiger partial charge is 0.461 e. The molecular formula is C14H16O2. The van der Waals surface area contributed by atoms with Crippen molar-refractivity contribution in [1.82, 2.24) is 0 Å². The molecule has 84 valence electrons. The lowest BCUT2D eigenvalue weighted by atomic mass is 10.0. The molecule has 2 heteroatoms. The molecule has 0 bridgehead atoms. The smallest absolute Gasteiger partial charge is 0.192 e. The van der Waals surface area contributed by atoms with Gasteiger partial charge < -0.3 is 4.42 Å². The van der Waals surface area contributed by atoms with Crippen molar-refractivity contribution in [1.29, 1.82) is 0 Å². The molecule has 2 rings (SSSR count). The lowest BCUT2D eigenvalue weighted by molar-refractivity contribution is 0.444. The molecule has 0 aromatic carbocycles. The van der Waals surface area contributed by atoms with Crippen LogP contribution < -0.4 is 5.43 Å². The van der Waals surface area contributed by atoms with E-state index in [1.807, 2.05) is 24.3 Å². The van der Waals surface area contributed by atoms with Gasteiger partial charge in [-0.05, 0) is 18.9 Å². The third-order valence-corrected chi connectivity index (χ3v) is 2.96. The third kappa shape index (κ3) is 2.01. The van der Waals surface area contributed by atoms with Crippen molar-refractivity contribution in [2.24, 2.45) is 0 Å². The number of hydrogen-bond donors (Lipinski definition) is 0. The van der Waals surface area contributed by atoms with Crippen LogP contribution in [0.15, 0.2) is 27.4 Å². The number of fused-ring (bicyclic) bond motifs is 1. The monoisotopic (exact) mass is 216 g/mol. The molecular weight excluding hydrogens is 200 g/mol. The summed E-state index contributed by atoms with van der Waals surface area (Å²) in [7, 11) is 0. The second kappa shape index (κ2) is 4.52. The molecule has 1 atom stereocenters. The molecule has 0 aliphatic heterocycles. The van der Waals surface area contributed by atoms with Crippen molar-refractivity contribution in [3.05, 3.63) is 45.5 Å². The average molecular weight is 216 g/mol. The first-order valence-corrected chi connectivity index (χ1v) is 5.73. The van der Waals surface area contributed by atoms with Crippen molar-refractivity contribution in [2.75, 3.05) is 0 Å². The minimum Gasteiger partial charge on any atom is -0.461 e. The zero-order valence-corrected chi connectivity index (χ0v) is 9.69. The molecule has 16 heavy (non-hydrogen) atoms. The number of allylic oxidation sites excluding steroid dienone is 2. The van der Waals surface area contributed by atoms with Crippen molar-refractivity contribution >= 4 is 12.2 Å². The van der Waals surface area contributed by atoms with Crippen LogP contribution in [-0.2, 0) is 0 Å². The second-order valence-corrected chi connectivity index (χ2v) is 4.14. The van der Waals surface area contributed by atoms with E-state index in [0.717, 1.165) is 18.6 Å². The van der Waals surface area contributed by atoms with E-state index >= 15 is 0 Å². The van der Waals surface area contributed by atoms with Crippen molar-refractivity contribution in [3.63, 3.8) is 0 Å². The Morgan fingerprint density at radius 3 is 2.88 bits per heavy atom. The lowest BCUT2D eigenvalue weighted by Crippen LogP contribution is -2.08. The Morgan fingerprint density at radius 2 is 2.12 bits per heavy atom. The first-order chi connectivity index (χ1) is 7.72. The van der Waals surface area contributed by atoms with Gasteiger partial charge in [0, 0.05) is 12.0 Å². The van der Waals surface area contributed by atoms with Crippen LogP contribution in [0.2, 0.25) is 0 Å². The summed E-state index contributed by atoms with van der Waals surface area (Å²) in [4.78, 5) is 11.9. The molecule has 1 aromatic heterocycles. The van der Waals surface area contributed by atoms with E-state index in [2.05, 4.69) is 13.8 Å². The lowest BCUT2D eigenvalue weighted by Gasteiger charge is -2.09. The minimum absolute atomic E-state index is 0.0550. The first kappa shape index (κ1) is 10.9. The highest BCUT2D eigenvalue weighted by Crippen LogP contribution is 2.22. The van der Waals surface area contributed by atoms with Crippen molar-refractivity contribution < 1.29 is 4.42 Å². The molecule has 1 aliphatic carbocycles. The summed E-state index contributed by atoms with van der Waals surface area (Å²) in [6.07, 6.45) is 9.54. The SMILES string of the molecule is CCC(C)c1cc(=O)c2c(o1)C=CCC=C2. The van der Waals surface area contributed by atoms with Gasteiger partial charge in [0.25, 0.3) is 0 Å².